The molecule has 0 spiro atoms. The molecule has 3 amide bonds. The van der Waals surface area contributed by atoms with Crippen LogP contribution in [0.15, 0.2) is 24.3 Å². The van der Waals surface area contributed by atoms with Gasteiger partial charge in [-0.15, -0.1) is 13.2 Å². The van der Waals surface area contributed by atoms with Gasteiger partial charge in [-0.05, 0) is 70.3 Å². The molecule has 5 N–H and O–H groups in total. The summed E-state index contributed by atoms with van der Waals surface area (Å²) in [6.07, 6.45) is -4.30. The summed E-state index contributed by atoms with van der Waals surface area (Å²) in [6, 6.07) is 4.46. The second-order valence-electron chi connectivity index (χ2n) is 10.3. The van der Waals surface area contributed by atoms with Gasteiger partial charge >= 0.3 is 18.5 Å². The Morgan fingerprint density at radius 1 is 1.14 bits per heavy atom. The highest BCUT2D eigenvalue weighted by Gasteiger charge is 2.31. The van der Waals surface area contributed by atoms with E-state index in [4.69, 9.17) is 4.74 Å². The molecule has 1 fully saturated rings. The van der Waals surface area contributed by atoms with E-state index >= 15 is 0 Å². The second-order valence-corrected chi connectivity index (χ2v) is 10.3. The molecule has 1 aromatic carbocycles. The van der Waals surface area contributed by atoms with Crippen molar-refractivity contribution >= 4 is 17.8 Å². The highest BCUT2D eigenvalue weighted by Crippen LogP contribution is 2.24. The van der Waals surface area contributed by atoms with Crippen molar-refractivity contribution in [3.8, 4) is 5.75 Å². The van der Waals surface area contributed by atoms with E-state index in [1.165, 1.54) is 17.0 Å². The maximum Gasteiger partial charge on any atom is 0.573 e. The molecule has 0 saturated carbocycles. The van der Waals surface area contributed by atoms with Gasteiger partial charge in [-0.2, -0.15) is 0 Å². The van der Waals surface area contributed by atoms with E-state index in [0.29, 0.717) is 31.1 Å². The van der Waals surface area contributed by atoms with Crippen LogP contribution in [-0.4, -0.2) is 67.6 Å². The summed E-state index contributed by atoms with van der Waals surface area (Å²) in [7, 11) is 1.70. The van der Waals surface area contributed by atoms with E-state index < -0.39 is 24.3 Å². The number of hydrogen-bond donors (Lipinski definition) is 5. The first-order valence-corrected chi connectivity index (χ1v) is 12.2. The van der Waals surface area contributed by atoms with Crippen LogP contribution in [0.4, 0.5) is 28.4 Å². The van der Waals surface area contributed by atoms with E-state index in [-0.39, 0.29) is 24.1 Å². The third-order valence-electron chi connectivity index (χ3n) is 5.43. The zero-order valence-corrected chi connectivity index (χ0v) is 22.2. The Bertz CT molecular complexity index is 877. The van der Waals surface area contributed by atoms with Crippen LogP contribution in [0, 0.1) is 5.92 Å². The van der Waals surface area contributed by atoms with E-state index in [2.05, 4.69) is 45.2 Å². The minimum Gasteiger partial charge on any atom is -0.444 e. The third-order valence-corrected chi connectivity index (χ3v) is 5.43. The lowest BCUT2D eigenvalue weighted by molar-refractivity contribution is -0.274. The first kappa shape index (κ1) is 30.5. The van der Waals surface area contributed by atoms with Crippen molar-refractivity contribution in [2.75, 3.05) is 25.5 Å². The predicted octanol–water partition coefficient (Wildman–Crippen LogP) is 3.77. The van der Waals surface area contributed by atoms with Crippen LogP contribution in [0.25, 0.3) is 0 Å². The number of ether oxygens (including phenoxy) is 2. The zero-order valence-electron chi connectivity index (χ0n) is 22.2. The number of carbonyl (C=O) groups excluding carboxylic acids is 2. The van der Waals surface area contributed by atoms with E-state index in [1.807, 2.05) is 20.8 Å². The average Bonchev–Trinajstić information content (AvgIpc) is 2.75. The fourth-order valence-electron chi connectivity index (χ4n) is 3.61. The van der Waals surface area contributed by atoms with Gasteiger partial charge in [0.25, 0.3) is 0 Å². The van der Waals surface area contributed by atoms with Gasteiger partial charge in [0.05, 0.1) is 6.17 Å². The number of hydrogen-bond acceptors (Lipinski definition) is 7. The summed E-state index contributed by atoms with van der Waals surface area (Å²) in [5.41, 5.74) is -0.236. The molecule has 1 aliphatic rings. The summed E-state index contributed by atoms with van der Waals surface area (Å²) in [5, 5.41) is 15.4. The molecule has 1 aliphatic heterocycles. The van der Waals surface area contributed by atoms with Crippen LogP contribution >= 0.6 is 0 Å². The Kier molecular flexibility index (Phi) is 10.8. The van der Waals surface area contributed by atoms with Crippen LogP contribution < -0.4 is 31.3 Å². The summed E-state index contributed by atoms with van der Waals surface area (Å²) < 4.78 is 46.1. The SMILES string of the molecule is CC(C)C1CC(NCCCN(C)C(=O)OC(C)(C)C)NC(NC(=O)Nc2ccc(OC(F)(F)F)cc2)N1. The monoisotopic (exact) mass is 532 g/mol. The van der Waals surface area contributed by atoms with Crippen molar-refractivity contribution in [1.82, 2.24) is 26.2 Å². The molecule has 1 saturated heterocycles. The van der Waals surface area contributed by atoms with Crippen molar-refractivity contribution in [3.05, 3.63) is 24.3 Å². The van der Waals surface area contributed by atoms with Gasteiger partial charge in [0.15, 0.2) is 0 Å². The number of urea groups is 1. The Hall–Kier alpha value is -2.77. The number of anilines is 1. The molecule has 1 heterocycles. The van der Waals surface area contributed by atoms with Crippen LogP contribution in [0.2, 0.25) is 0 Å². The first-order chi connectivity index (χ1) is 17.1. The Balaban J connectivity index is 1.82. The Morgan fingerprint density at radius 3 is 2.35 bits per heavy atom. The van der Waals surface area contributed by atoms with E-state index in [0.717, 1.165) is 18.6 Å². The van der Waals surface area contributed by atoms with Crippen LogP contribution in [0.5, 0.6) is 5.75 Å². The normalized spacial score (nSPS) is 20.3. The van der Waals surface area contributed by atoms with Crippen molar-refractivity contribution in [2.24, 2.45) is 5.92 Å². The standard InChI is InChI=1S/C24H39F3N6O4/c1-15(2)18-14-19(28-12-7-13-33(6)22(35)37-23(3,4)5)31-20(30-18)32-21(34)29-16-8-10-17(11-9-16)36-24(25,26)27/h8-11,15,18-20,28,30-31H,7,12-14H2,1-6H3,(H2,29,32,34). The number of halogens is 3. The molecule has 37 heavy (non-hydrogen) atoms. The molecular formula is C24H39F3N6O4. The second kappa shape index (κ2) is 13.2. The van der Waals surface area contributed by atoms with Gasteiger partial charge in [0.1, 0.15) is 17.6 Å². The highest BCUT2D eigenvalue weighted by molar-refractivity contribution is 5.89. The fourth-order valence-corrected chi connectivity index (χ4v) is 3.61. The molecule has 210 valence electrons. The van der Waals surface area contributed by atoms with Gasteiger partial charge in [-0.25, -0.2) is 9.59 Å². The Labute approximate surface area is 216 Å². The largest absolute Gasteiger partial charge is 0.573 e. The summed E-state index contributed by atoms with van der Waals surface area (Å²) in [6.45, 7) is 10.8. The van der Waals surface area contributed by atoms with Crippen LogP contribution in [0.3, 0.4) is 0 Å². The molecular weight excluding hydrogens is 493 g/mol. The predicted molar refractivity (Wildman–Crippen MR) is 134 cm³/mol. The van der Waals surface area contributed by atoms with E-state index in [1.54, 1.807) is 7.05 Å². The van der Waals surface area contributed by atoms with Gasteiger partial charge in [-0.1, -0.05) is 13.8 Å². The van der Waals surface area contributed by atoms with Gasteiger partial charge in [-0.3, -0.25) is 10.6 Å². The Morgan fingerprint density at radius 2 is 1.78 bits per heavy atom. The third kappa shape index (κ3) is 11.9. The molecule has 2 rings (SSSR count). The van der Waals surface area contributed by atoms with Gasteiger partial charge < -0.3 is 30.3 Å². The molecule has 3 unspecified atom stereocenters. The molecule has 13 heteroatoms. The quantitative estimate of drug-likeness (QED) is 0.308. The van der Waals surface area contributed by atoms with E-state index in [9.17, 15) is 22.8 Å². The number of benzene rings is 1. The summed E-state index contributed by atoms with van der Waals surface area (Å²) in [4.78, 5) is 26.1. The number of rotatable bonds is 9. The number of nitrogens with one attached hydrogen (secondary N) is 5. The number of nitrogens with zero attached hydrogens (tertiary/aromatic N) is 1. The van der Waals surface area contributed by atoms with Gasteiger partial charge in [0, 0.05) is 25.3 Å². The van der Waals surface area contributed by atoms with Gasteiger partial charge in [0.2, 0.25) is 0 Å². The molecule has 0 radical (unpaired) electrons. The van der Waals surface area contributed by atoms with Crippen molar-refractivity contribution in [3.63, 3.8) is 0 Å². The topological polar surface area (TPSA) is 116 Å². The lowest BCUT2D eigenvalue weighted by Gasteiger charge is -2.40. The molecule has 3 atom stereocenters. The maximum atomic E-state index is 12.5. The smallest absolute Gasteiger partial charge is 0.444 e. The van der Waals surface area contributed by atoms with Crippen molar-refractivity contribution in [2.45, 2.75) is 77.9 Å². The fraction of sp³-hybridized carbons (Fsp3) is 0.667. The molecule has 0 aliphatic carbocycles. The highest BCUT2D eigenvalue weighted by atomic mass is 19.4. The number of amides is 3. The van der Waals surface area contributed by atoms with Crippen LogP contribution in [-0.2, 0) is 4.74 Å². The lowest BCUT2D eigenvalue weighted by atomic mass is 9.97. The minimum absolute atomic E-state index is 0.0930. The minimum atomic E-state index is -4.78. The lowest BCUT2D eigenvalue weighted by Crippen LogP contribution is -2.69. The van der Waals surface area contributed by atoms with Crippen molar-refractivity contribution in [1.29, 1.82) is 0 Å². The van der Waals surface area contributed by atoms with Crippen LogP contribution in [0.1, 0.15) is 47.5 Å². The molecule has 1 aromatic rings. The molecule has 0 bridgehead atoms. The summed E-state index contributed by atoms with van der Waals surface area (Å²) >= 11 is 0. The zero-order chi connectivity index (χ0) is 27.8. The number of alkyl halides is 3. The van der Waals surface area contributed by atoms with Crippen molar-refractivity contribution < 1.29 is 32.2 Å². The maximum absolute atomic E-state index is 12.5. The number of carbonyl (C=O) groups is 2. The molecule has 10 nitrogen and oxygen atoms in total. The average molecular weight is 533 g/mol. The first-order valence-electron chi connectivity index (χ1n) is 12.2. The molecule has 0 aromatic heterocycles. The summed E-state index contributed by atoms with van der Waals surface area (Å²) in [5.74, 6) is -0.0710.